The normalized spacial score (nSPS) is 10.9. The van der Waals surface area contributed by atoms with Crippen LogP contribution in [0.3, 0.4) is 0 Å². The number of benzene rings is 2. The fourth-order valence-corrected chi connectivity index (χ4v) is 2.13. The number of hydrogen-bond acceptors (Lipinski definition) is 4. The van der Waals surface area contributed by atoms with Gasteiger partial charge in [0.05, 0.1) is 11.9 Å². The molecule has 0 atom stereocenters. The van der Waals surface area contributed by atoms with E-state index in [1.807, 2.05) is 12.1 Å². The molecule has 5 heteroatoms. The highest BCUT2D eigenvalue weighted by Crippen LogP contribution is 2.23. The van der Waals surface area contributed by atoms with Crippen molar-refractivity contribution in [2.75, 3.05) is 23.4 Å². The summed E-state index contributed by atoms with van der Waals surface area (Å²) in [5.41, 5.74) is 5.06. The van der Waals surface area contributed by atoms with Crippen LogP contribution in [0, 0.1) is 5.82 Å². The molecule has 22 heavy (non-hydrogen) atoms. The van der Waals surface area contributed by atoms with E-state index in [9.17, 15) is 9.50 Å². The third-order valence-electron chi connectivity index (χ3n) is 3.38. The van der Waals surface area contributed by atoms with Crippen molar-refractivity contribution in [3.8, 4) is 5.75 Å². The Labute approximate surface area is 129 Å². The van der Waals surface area contributed by atoms with E-state index < -0.39 is 0 Å². The van der Waals surface area contributed by atoms with Gasteiger partial charge in [-0.2, -0.15) is 5.10 Å². The number of hydrogen-bond donors (Lipinski definition) is 2. The Morgan fingerprint density at radius 2 is 1.82 bits per heavy atom. The van der Waals surface area contributed by atoms with Crippen LogP contribution >= 0.6 is 0 Å². The summed E-state index contributed by atoms with van der Waals surface area (Å²) < 4.78 is 12.8. The van der Waals surface area contributed by atoms with Gasteiger partial charge in [0, 0.05) is 30.4 Å². The van der Waals surface area contributed by atoms with Crippen molar-refractivity contribution in [2.45, 2.75) is 13.8 Å². The first-order valence-electron chi connectivity index (χ1n) is 7.26. The Morgan fingerprint density at radius 1 is 1.14 bits per heavy atom. The molecule has 2 rings (SSSR count). The highest BCUT2D eigenvalue weighted by molar-refractivity contribution is 5.85. The maximum atomic E-state index is 12.8. The van der Waals surface area contributed by atoms with Gasteiger partial charge in [-0.1, -0.05) is 0 Å². The van der Waals surface area contributed by atoms with E-state index in [4.69, 9.17) is 0 Å². The second kappa shape index (κ2) is 7.45. The van der Waals surface area contributed by atoms with Crippen molar-refractivity contribution >= 4 is 17.6 Å². The third-order valence-corrected chi connectivity index (χ3v) is 3.38. The first-order chi connectivity index (χ1) is 10.6. The van der Waals surface area contributed by atoms with Gasteiger partial charge in [-0.25, -0.2) is 4.39 Å². The molecular weight excluding hydrogens is 281 g/mol. The maximum Gasteiger partial charge on any atom is 0.126 e. The van der Waals surface area contributed by atoms with Crippen LogP contribution < -0.4 is 10.3 Å². The zero-order chi connectivity index (χ0) is 15.9. The molecule has 0 heterocycles. The Hall–Kier alpha value is -2.56. The van der Waals surface area contributed by atoms with E-state index in [0.717, 1.165) is 18.8 Å². The molecule has 0 unspecified atom stereocenters. The number of halogens is 1. The number of phenolic OH excluding ortho intramolecular Hbond substituents is 1. The summed E-state index contributed by atoms with van der Waals surface area (Å²) in [7, 11) is 0. The molecule has 2 aromatic rings. The highest BCUT2D eigenvalue weighted by atomic mass is 19.1. The summed E-state index contributed by atoms with van der Waals surface area (Å²) >= 11 is 0. The largest absolute Gasteiger partial charge is 0.507 e. The minimum absolute atomic E-state index is 0.175. The van der Waals surface area contributed by atoms with Crippen molar-refractivity contribution in [1.82, 2.24) is 0 Å². The summed E-state index contributed by atoms with van der Waals surface area (Å²) in [6.07, 6.45) is 1.53. The smallest absolute Gasteiger partial charge is 0.126 e. The van der Waals surface area contributed by atoms with E-state index in [1.54, 1.807) is 18.2 Å². The second-order valence-electron chi connectivity index (χ2n) is 4.79. The van der Waals surface area contributed by atoms with Gasteiger partial charge in [-0.15, -0.1) is 0 Å². The van der Waals surface area contributed by atoms with Gasteiger partial charge in [0.1, 0.15) is 11.6 Å². The first kappa shape index (κ1) is 15.8. The van der Waals surface area contributed by atoms with Gasteiger partial charge < -0.3 is 10.0 Å². The van der Waals surface area contributed by atoms with Crippen LogP contribution in [-0.4, -0.2) is 24.4 Å². The molecular formula is C17H20FN3O. The Bertz CT molecular complexity index is 637. The average Bonchev–Trinajstić information content (AvgIpc) is 2.52. The molecule has 0 aliphatic heterocycles. The van der Waals surface area contributed by atoms with Crippen molar-refractivity contribution in [2.24, 2.45) is 5.10 Å². The molecule has 2 N–H and O–H groups in total. The highest BCUT2D eigenvalue weighted by Gasteiger charge is 2.05. The monoisotopic (exact) mass is 301 g/mol. The van der Waals surface area contributed by atoms with Gasteiger partial charge in [0.25, 0.3) is 0 Å². The maximum absolute atomic E-state index is 12.8. The standard InChI is InChI=1S/C17H20FN3O/c1-3-21(4-2)16-10-5-13(17(22)11-16)12-19-20-15-8-6-14(18)7-9-15/h5-12,20,22H,3-4H2,1-2H3/b19-12-. The fraction of sp³-hybridized carbons (Fsp3) is 0.235. The SMILES string of the molecule is CCN(CC)c1ccc(/C=N\Nc2ccc(F)cc2)c(O)c1. The molecule has 0 aromatic heterocycles. The van der Waals surface area contributed by atoms with Crippen LogP contribution in [0.1, 0.15) is 19.4 Å². The van der Waals surface area contributed by atoms with Crippen LogP contribution in [-0.2, 0) is 0 Å². The molecule has 0 amide bonds. The summed E-state index contributed by atoms with van der Waals surface area (Å²) in [4.78, 5) is 2.15. The fourth-order valence-electron chi connectivity index (χ4n) is 2.13. The Balaban J connectivity index is 2.06. The van der Waals surface area contributed by atoms with Gasteiger partial charge >= 0.3 is 0 Å². The summed E-state index contributed by atoms with van der Waals surface area (Å²) in [5.74, 6) is -0.117. The lowest BCUT2D eigenvalue weighted by atomic mass is 10.2. The number of nitrogens with one attached hydrogen (secondary N) is 1. The van der Waals surface area contributed by atoms with Crippen molar-refractivity contribution in [1.29, 1.82) is 0 Å². The third kappa shape index (κ3) is 3.97. The second-order valence-corrected chi connectivity index (χ2v) is 4.79. The lowest BCUT2D eigenvalue weighted by Gasteiger charge is -2.21. The summed E-state index contributed by atoms with van der Waals surface area (Å²) in [5, 5.41) is 14.1. The number of anilines is 2. The van der Waals surface area contributed by atoms with Crippen molar-refractivity contribution in [3.05, 3.63) is 53.8 Å². The molecule has 0 radical (unpaired) electrons. The predicted octanol–water partition coefficient (Wildman–Crippen LogP) is 3.82. The molecule has 0 saturated carbocycles. The van der Waals surface area contributed by atoms with Crippen LogP contribution in [0.2, 0.25) is 0 Å². The van der Waals surface area contributed by atoms with Crippen molar-refractivity contribution in [3.63, 3.8) is 0 Å². The lowest BCUT2D eigenvalue weighted by Crippen LogP contribution is -2.21. The van der Waals surface area contributed by atoms with E-state index in [0.29, 0.717) is 11.3 Å². The number of phenols is 1. The van der Waals surface area contributed by atoms with Crippen LogP contribution in [0.5, 0.6) is 5.75 Å². The lowest BCUT2D eigenvalue weighted by molar-refractivity contribution is 0.474. The zero-order valence-corrected chi connectivity index (χ0v) is 12.8. The Kier molecular flexibility index (Phi) is 5.36. The quantitative estimate of drug-likeness (QED) is 0.630. The molecule has 2 aromatic carbocycles. The summed E-state index contributed by atoms with van der Waals surface area (Å²) in [6, 6.07) is 11.4. The van der Waals surface area contributed by atoms with Crippen LogP contribution in [0.15, 0.2) is 47.6 Å². The van der Waals surface area contributed by atoms with Gasteiger partial charge in [0.2, 0.25) is 0 Å². The van der Waals surface area contributed by atoms with E-state index in [2.05, 4.69) is 29.3 Å². The van der Waals surface area contributed by atoms with Crippen molar-refractivity contribution < 1.29 is 9.50 Å². The van der Waals surface area contributed by atoms with Gasteiger partial charge in [-0.3, -0.25) is 5.43 Å². The Morgan fingerprint density at radius 3 is 2.41 bits per heavy atom. The molecule has 0 bridgehead atoms. The topological polar surface area (TPSA) is 47.9 Å². The first-order valence-corrected chi connectivity index (χ1v) is 7.26. The zero-order valence-electron chi connectivity index (χ0n) is 12.8. The van der Waals surface area contributed by atoms with Crippen LogP contribution in [0.4, 0.5) is 15.8 Å². The molecule has 0 aliphatic rings. The predicted molar refractivity (Wildman–Crippen MR) is 89.3 cm³/mol. The molecule has 0 aliphatic carbocycles. The molecule has 0 saturated heterocycles. The molecule has 116 valence electrons. The van der Waals surface area contributed by atoms with Gasteiger partial charge in [-0.05, 0) is 50.2 Å². The number of nitrogens with zero attached hydrogens (tertiary/aromatic N) is 2. The number of rotatable bonds is 6. The molecule has 0 spiro atoms. The minimum atomic E-state index is -0.292. The van der Waals surface area contributed by atoms with E-state index in [1.165, 1.54) is 18.3 Å². The molecule has 4 nitrogen and oxygen atoms in total. The summed E-state index contributed by atoms with van der Waals surface area (Å²) in [6.45, 7) is 5.91. The average molecular weight is 301 g/mol. The number of aromatic hydroxyl groups is 1. The minimum Gasteiger partial charge on any atom is -0.507 e. The van der Waals surface area contributed by atoms with E-state index in [-0.39, 0.29) is 11.6 Å². The van der Waals surface area contributed by atoms with Gasteiger partial charge in [0.15, 0.2) is 0 Å². The van der Waals surface area contributed by atoms with E-state index >= 15 is 0 Å². The van der Waals surface area contributed by atoms with Crippen LogP contribution in [0.25, 0.3) is 0 Å². The molecule has 0 fully saturated rings. The number of hydrazone groups is 1.